The zero-order valence-corrected chi connectivity index (χ0v) is 6.65. The van der Waals surface area contributed by atoms with E-state index in [1.54, 1.807) is 7.05 Å². The van der Waals surface area contributed by atoms with Gasteiger partial charge in [0.15, 0.2) is 0 Å². The van der Waals surface area contributed by atoms with Crippen molar-refractivity contribution in [2.24, 2.45) is 7.05 Å². The molecule has 1 rings (SSSR count). The highest BCUT2D eigenvalue weighted by atomic mass is 35.5. The van der Waals surface area contributed by atoms with E-state index in [1.165, 1.54) is 4.68 Å². The molecule has 0 unspecified atom stereocenters. The third-order valence-electron chi connectivity index (χ3n) is 1.03. The van der Waals surface area contributed by atoms with Crippen LogP contribution in [-0.4, -0.2) is 9.78 Å². The summed E-state index contributed by atoms with van der Waals surface area (Å²) in [5, 5.41) is 3.80. The summed E-state index contributed by atoms with van der Waals surface area (Å²) in [5.41, 5.74) is -0.357. The molecule has 0 aliphatic heterocycles. The Kier molecular flexibility index (Phi) is 1.97. The van der Waals surface area contributed by atoms with Crippen LogP contribution in [0.15, 0.2) is 11.0 Å². The van der Waals surface area contributed by atoms with Gasteiger partial charge >= 0.3 is 0 Å². The van der Waals surface area contributed by atoms with E-state index in [0.717, 1.165) is 6.20 Å². The van der Waals surface area contributed by atoms with Gasteiger partial charge < -0.3 is 0 Å². The van der Waals surface area contributed by atoms with E-state index in [-0.39, 0.29) is 15.6 Å². The standard InChI is InChI=1S/C5H4Cl2N2O/c1-9-5(7)4(6)3(10)2-8-9/h2H,1H3. The molecule has 0 saturated heterocycles. The average molecular weight is 179 g/mol. The van der Waals surface area contributed by atoms with Gasteiger partial charge in [0.2, 0.25) is 5.43 Å². The van der Waals surface area contributed by atoms with Crippen LogP contribution in [0, 0.1) is 0 Å². The van der Waals surface area contributed by atoms with Gasteiger partial charge in [-0.2, -0.15) is 5.10 Å². The second-order valence-corrected chi connectivity index (χ2v) is 2.47. The topological polar surface area (TPSA) is 34.9 Å². The minimum atomic E-state index is -0.357. The zero-order valence-electron chi connectivity index (χ0n) is 5.14. The van der Waals surface area contributed by atoms with Crippen molar-refractivity contribution >= 4 is 23.2 Å². The van der Waals surface area contributed by atoms with Gasteiger partial charge in [0.05, 0.1) is 6.20 Å². The predicted octanol–water partition coefficient (Wildman–Crippen LogP) is 1.09. The SMILES string of the molecule is Cn1ncc(=O)c(Cl)c1Cl. The van der Waals surface area contributed by atoms with Crippen molar-refractivity contribution in [1.29, 1.82) is 0 Å². The lowest BCUT2D eigenvalue weighted by Gasteiger charge is -1.98. The largest absolute Gasteiger partial charge is 0.286 e. The zero-order chi connectivity index (χ0) is 7.72. The summed E-state index contributed by atoms with van der Waals surface area (Å²) in [6, 6.07) is 0. The molecule has 1 heterocycles. The Bertz CT molecular complexity index is 307. The number of aromatic nitrogens is 2. The van der Waals surface area contributed by atoms with Crippen LogP contribution in [0.1, 0.15) is 0 Å². The van der Waals surface area contributed by atoms with Gasteiger partial charge in [-0.3, -0.25) is 9.48 Å². The van der Waals surface area contributed by atoms with E-state index in [0.29, 0.717) is 0 Å². The van der Waals surface area contributed by atoms with Crippen LogP contribution in [0.5, 0.6) is 0 Å². The second kappa shape index (κ2) is 2.60. The van der Waals surface area contributed by atoms with Gasteiger partial charge in [0, 0.05) is 7.05 Å². The van der Waals surface area contributed by atoms with E-state index in [9.17, 15) is 4.79 Å². The molecule has 0 spiro atoms. The van der Waals surface area contributed by atoms with Crippen molar-refractivity contribution in [3.05, 3.63) is 26.6 Å². The molecule has 5 heteroatoms. The van der Waals surface area contributed by atoms with Crippen LogP contribution in [0.3, 0.4) is 0 Å². The molecule has 0 aliphatic carbocycles. The lowest BCUT2D eigenvalue weighted by atomic mass is 10.5. The summed E-state index contributed by atoms with van der Waals surface area (Å²) in [6.07, 6.45) is 1.12. The molecule has 0 aromatic carbocycles. The van der Waals surface area contributed by atoms with Crippen LogP contribution < -0.4 is 5.43 Å². The third kappa shape index (κ3) is 1.15. The minimum absolute atomic E-state index is 0.0131. The van der Waals surface area contributed by atoms with E-state index in [2.05, 4.69) is 5.10 Å². The Morgan fingerprint density at radius 2 is 2.20 bits per heavy atom. The fourth-order valence-electron chi connectivity index (χ4n) is 0.490. The fraction of sp³-hybridized carbons (Fsp3) is 0.200. The lowest BCUT2D eigenvalue weighted by Crippen LogP contribution is -2.09. The molecule has 0 radical (unpaired) electrons. The number of hydrogen-bond donors (Lipinski definition) is 0. The van der Waals surface area contributed by atoms with Crippen LogP contribution in [0.25, 0.3) is 0 Å². The molecular formula is C5H4Cl2N2O. The maximum atomic E-state index is 10.7. The highest BCUT2D eigenvalue weighted by Crippen LogP contribution is 2.13. The molecule has 0 bridgehead atoms. The van der Waals surface area contributed by atoms with E-state index in [4.69, 9.17) is 23.2 Å². The molecule has 54 valence electrons. The molecule has 3 nitrogen and oxygen atoms in total. The first-order valence-corrected chi connectivity index (χ1v) is 3.26. The minimum Gasteiger partial charge on any atom is -0.286 e. The first-order valence-electron chi connectivity index (χ1n) is 2.50. The van der Waals surface area contributed by atoms with Gasteiger partial charge in [0.25, 0.3) is 0 Å². The highest BCUT2D eigenvalue weighted by molar-refractivity contribution is 6.41. The molecule has 0 saturated carbocycles. The van der Waals surface area contributed by atoms with Crippen molar-refractivity contribution in [3.63, 3.8) is 0 Å². The molecule has 0 fully saturated rings. The van der Waals surface area contributed by atoms with Crippen LogP contribution >= 0.6 is 23.2 Å². The van der Waals surface area contributed by atoms with Gasteiger partial charge in [0.1, 0.15) is 10.2 Å². The molecule has 0 amide bonds. The molecular weight excluding hydrogens is 175 g/mol. The van der Waals surface area contributed by atoms with Crippen LogP contribution in [0.4, 0.5) is 0 Å². The Hall–Kier alpha value is -0.540. The second-order valence-electron chi connectivity index (χ2n) is 1.74. The monoisotopic (exact) mass is 178 g/mol. The summed E-state index contributed by atoms with van der Waals surface area (Å²) in [6.45, 7) is 0. The van der Waals surface area contributed by atoms with Gasteiger partial charge in [-0.1, -0.05) is 23.2 Å². The van der Waals surface area contributed by atoms with Gasteiger partial charge in [-0.15, -0.1) is 0 Å². The first kappa shape index (κ1) is 7.57. The number of halogens is 2. The molecule has 0 atom stereocenters. The maximum Gasteiger partial charge on any atom is 0.220 e. The van der Waals surface area contributed by atoms with E-state index in [1.807, 2.05) is 0 Å². The Morgan fingerprint density at radius 1 is 1.60 bits per heavy atom. The normalized spacial score (nSPS) is 9.90. The smallest absolute Gasteiger partial charge is 0.220 e. The summed E-state index contributed by atoms with van der Waals surface area (Å²) in [7, 11) is 1.60. The number of nitrogens with zero attached hydrogens (tertiary/aromatic N) is 2. The maximum absolute atomic E-state index is 10.7. The Balaban J connectivity index is 3.49. The predicted molar refractivity (Wildman–Crippen MR) is 39.5 cm³/mol. The fourth-order valence-corrected chi connectivity index (χ4v) is 0.798. The number of aryl methyl sites for hydroxylation is 1. The Morgan fingerprint density at radius 3 is 2.70 bits per heavy atom. The van der Waals surface area contributed by atoms with Gasteiger partial charge in [-0.25, -0.2) is 0 Å². The molecule has 1 aromatic rings. The summed E-state index contributed by atoms with van der Waals surface area (Å²) >= 11 is 11.0. The van der Waals surface area contributed by atoms with Crippen LogP contribution in [-0.2, 0) is 7.05 Å². The number of rotatable bonds is 0. The molecule has 0 aliphatic rings. The highest BCUT2D eigenvalue weighted by Gasteiger charge is 2.03. The van der Waals surface area contributed by atoms with Crippen molar-refractivity contribution in [2.45, 2.75) is 0 Å². The molecule has 1 aromatic heterocycles. The number of hydrogen-bond acceptors (Lipinski definition) is 2. The molecule has 10 heavy (non-hydrogen) atoms. The van der Waals surface area contributed by atoms with E-state index >= 15 is 0 Å². The van der Waals surface area contributed by atoms with Crippen molar-refractivity contribution in [3.8, 4) is 0 Å². The summed E-state index contributed by atoms with van der Waals surface area (Å²) in [5.74, 6) is 0. The first-order chi connectivity index (χ1) is 4.63. The van der Waals surface area contributed by atoms with Crippen molar-refractivity contribution < 1.29 is 0 Å². The summed E-state index contributed by atoms with van der Waals surface area (Å²) in [4.78, 5) is 10.7. The quantitative estimate of drug-likeness (QED) is 0.597. The van der Waals surface area contributed by atoms with Crippen molar-refractivity contribution in [1.82, 2.24) is 9.78 Å². The third-order valence-corrected chi connectivity index (χ3v) is 1.93. The summed E-state index contributed by atoms with van der Waals surface area (Å²) < 4.78 is 1.32. The Labute approximate surface area is 67.2 Å². The van der Waals surface area contributed by atoms with Gasteiger partial charge in [-0.05, 0) is 0 Å². The van der Waals surface area contributed by atoms with E-state index < -0.39 is 0 Å². The molecule has 0 N–H and O–H groups in total. The lowest BCUT2D eigenvalue weighted by molar-refractivity contribution is 0.735. The average Bonchev–Trinajstić information content (AvgIpc) is 1.93. The van der Waals surface area contributed by atoms with Crippen LogP contribution in [0.2, 0.25) is 10.2 Å². The van der Waals surface area contributed by atoms with Crippen molar-refractivity contribution in [2.75, 3.05) is 0 Å².